The van der Waals surface area contributed by atoms with Crippen molar-refractivity contribution >= 4 is 28.9 Å². The molecule has 2 N–H and O–H groups in total. The minimum absolute atomic E-state index is 0.296. The topological polar surface area (TPSA) is 96.3 Å². The van der Waals surface area contributed by atoms with E-state index in [1.54, 1.807) is 6.92 Å². The molecule has 0 unspecified atom stereocenters. The Bertz CT molecular complexity index is 1160. The van der Waals surface area contributed by atoms with Gasteiger partial charge in [-0.2, -0.15) is 0 Å². The van der Waals surface area contributed by atoms with Crippen molar-refractivity contribution in [1.82, 2.24) is 25.1 Å². The number of amides is 4. The zero-order valence-electron chi connectivity index (χ0n) is 18.3. The van der Waals surface area contributed by atoms with Crippen molar-refractivity contribution in [3.8, 4) is 0 Å². The molecule has 4 amide bonds. The zero-order chi connectivity index (χ0) is 22.7. The lowest BCUT2D eigenvalue weighted by Crippen LogP contribution is -2.45. The van der Waals surface area contributed by atoms with Gasteiger partial charge in [-0.3, -0.25) is 14.5 Å². The maximum atomic E-state index is 12.9. The Morgan fingerprint density at radius 3 is 2.59 bits per heavy atom. The number of nitrogens with zero attached hydrogens (tertiary/aromatic N) is 3. The first-order valence-corrected chi connectivity index (χ1v) is 10.7. The van der Waals surface area contributed by atoms with Crippen molar-refractivity contribution in [3.05, 3.63) is 66.0 Å². The average Bonchev–Trinajstić information content (AvgIpc) is 3.21. The number of imide groups is 1. The lowest BCUT2D eigenvalue weighted by molar-refractivity contribution is -0.134. The first-order valence-electron chi connectivity index (χ1n) is 10.7. The highest BCUT2D eigenvalue weighted by molar-refractivity contribution is 6.08. The van der Waals surface area contributed by atoms with E-state index in [-0.39, 0.29) is 18.4 Å². The minimum Gasteiger partial charge on any atom is -0.353 e. The summed E-state index contributed by atoms with van der Waals surface area (Å²) in [6.07, 6.45) is 1.12. The van der Waals surface area contributed by atoms with Crippen molar-refractivity contribution < 1.29 is 14.4 Å². The fourth-order valence-corrected chi connectivity index (χ4v) is 4.08. The van der Waals surface area contributed by atoms with Gasteiger partial charge in [0.15, 0.2) is 0 Å². The number of hydrogen-bond donors (Lipinski definition) is 2. The van der Waals surface area contributed by atoms with E-state index < -0.39 is 11.6 Å². The van der Waals surface area contributed by atoms with E-state index in [1.165, 1.54) is 0 Å². The first-order chi connectivity index (χ1) is 15.4. The molecule has 0 saturated carbocycles. The highest BCUT2D eigenvalue weighted by atomic mass is 16.2. The van der Waals surface area contributed by atoms with Crippen LogP contribution in [0.1, 0.15) is 24.7 Å². The summed E-state index contributed by atoms with van der Waals surface area (Å²) in [6.45, 7) is 4.25. The highest BCUT2D eigenvalue weighted by Crippen LogP contribution is 2.23. The number of urea groups is 1. The van der Waals surface area contributed by atoms with Crippen molar-refractivity contribution in [2.24, 2.45) is 0 Å². The van der Waals surface area contributed by atoms with Gasteiger partial charge in [-0.05, 0) is 44.4 Å². The van der Waals surface area contributed by atoms with Gasteiger partial charge in [0.25, 0.3) is 5.91 Å². The summed E-state index contributed by atoms with van der Waals surface area (Å²) < 4.78 is 2.03. The second-order valence-electron chi connectivity index (χ2n) is 8.29. The normalized spacial score (nSPS) is 18.2. The van der Waals surface area contributed by atoms with Gasteiger partial charge in [0.2, 0.25) is 5.91 Å². The van der Waals surface area contributed by atoms with Crippen LogP contribution < -0.4 is 10.6 Å². The summed E-state index contributed by atoms with van der Waals surface area (Å²) in [5, 5.41) is 5.56. The van der Waals surface area contributed by atoms with Crippen LogP contribution in [0.3, 0.4) is 0 Å². The van der Waals surface area contributed by atoms with Crippen LogP contribution in [-0.2, 0) is 22.6 Å². The first kappa shape index (κ1) is 21.5. The standard InChI is InChI=1S/C24H27N5O3/c1-17-26-19-10-6-7-11-20(19)28(17)15-14-25-21(30)16-29-22(31)24(2,27-23(29)32)13-12-18-8-4-3-5-9-18/h3-11H,12-16H2,1-2H3,(H,25,30)(H,27,32)/t24-/m0/s1. The quantitative estimate of drug-likeness (QED) is 0.533. The van der Waals surface area contributed by atoms with E-state index in [9.17, 15) is 14.4 Å². The Labute approximate surface area is 186 Å². The second-order valence-corrected chi connectivity index (χ2v) is 8.29. The molecular formula is C24H27N5O3. The molecule has 0 radical (unpaired) electrons. The minimum atomic E-state index is -1.01. The highest BCUT2D eigenvalue weighted by Gasteiger charge is 2.47. The predicted molar refractivity (Wildman–Crippen MR) is 121 cm³/mol. The Morgan fingerprint density at radius 1 is 1.09 bits per heavy atom. The van der Waals surface area contributed by atoms with Gasteiger partial charge in [-0.25, -0.2) is 9.78 Å². The number of aryl methyl sites for hydroxylation is 2. The maximum Gasteiger partial charge on any atom is 0.325 e. The molecule has 1 aromatic heterocycles. The molecule has 3 aromatic rings. The van der Waals surface area contributed by atoms with E-state index in [0.717, 1.165) is 27.3 Å². The number of carbonyl (C=O) groups excluding carboxylic acids is 3. The van der Waals surface area contributed by atoms with Gasteiger partial charge in [0, 0.05) is 13.1 Å². The Kier molecular flexibility index (Phi) is 5.94. The van der Waals surface area contributed by atoms with Crippen molar-refractivity contribution in [2.75, 3.05) is 13.1 Å². The van der Waals surface area contributed by atoms with Gasteiger partial charge in [-0.15, -0.1) is 0 Å². The molecule has 1 aliphatic rings. The Balaban J connectivity index is 1.31. The van der Waals surface area contributed by atoms with Gasteiger partial charge >= 0.3 is 6.03 Å². The fourth-order valence-electron chi connectivity index (χ4n) is 4.08. The molecule has 8 heteroatoms. The third kappa shape index (κ3) is 4.34. The van der Waals surface area contributed by atoms with E-state index in [0.29, 0.717) is 25.9 Å². The van der Waals surface area contributed by atoms with Crippen LogP contribution in [0.2, 0.25) is 0 Å². The van der Waals surface area contributed by atoms with Crippen LogP contribution in [-0.4, -0.2) is 50.9 Å². The van der Waals surface area contributed by atoms with Gasteiger partial charge < -0.3 is 15.2 Å². The number of nitrogens with one attached hydrogen (secondary N) is 2. The number of aromatic nitrogens is 2. The monoisotopic (exact) mass is 433 g/mol. The number of benzene rings is 2. The van der Waals surface area contributed by atoms with Crippen molar-refractivity contribution in [2.45, 2.75) is 38.8 Å². The molecular weight excluding hydrogens is 406 g/mol. The van der Waals surface area contributed by atoms with E-state index in [2.05, 4.69) is 15.6 Å². The smallest absolute Gasteiger partial charge is 0.325 e. The van der Waals surface area contributed by atoms with Crippen LogP contribution in [0.15, 0.2) is 54.6 Å². The lowest BCUT2D eigenvalue weighted by atomic mass is 9.93. The van der Waals surface area contributed by atoms with Crippen molar-refractivity contribution in [1.29, 1.82) is 0 Å². The molecule has 4 rings (SSSR count). The number of hydrogen-bond acceptors (Lipinski definition) is 4. The van der Waals surface area contributed by atoms with Crippen LogP contribution in [0.25, 0.3) is 11.0 Å². The molecule has 2 aromatic carbocycles. The van der Waals surface area contributed by atoms with Crippen LogP contribution in [0, 0.1) is 6.92 Å². The summed E-state index contributed by atoms with van der Waals surface area (Å²) in [7, 11) is 0. The molecule has 1 saturated heterocycles. The van der Waals surface area contributed by atoms with E-state index in [1.807, 2.05) is 66.1 Å². The average molecular weight is 434 g/mol. The van der Waals surface area contributed by atoms with E-state index in [4.69, 9.17) is 0 Å². The Morgan fingerprint density at radius 2 is 1.81 bits per heavy atom. The number of rotatable bonds is 8. The molecule has 0 aliphatic carbocycles. The zero-order valence-corrected chi connectivity index (χ0v) is 18.3. The van der Waals surface area contributed by atoms with Gasteiger partial charge in [-0.1, -0.05) is 42.5 Å². The van der Waals surface area contributed by atoms with E-state index >= 15 is 0 Å². The SMILES string of the molecule is Cc1nc2ccccc2n1CCNC(=O)CN1C(=O)N[C@@](C)(CCc2ccccc2)C1=O. The molecule has 1 atom stereocenters. The molecule has 1 aliphatic heterocycles. The predicted octanol–water partition coefficient (Wildman–Crippen LogP) is 2.40. The fraction of sp³-hybridized carbons (Fsp3) is 0.333. The molecule has 0 spiro atoms. The Hall–Kier alpha value is -3.68. The summed E-state index contributed by atoms with van der Waals surface area (Å²) in [5.74, 6) is 0.122. The third-order valence-corrected chi connectivity index (χ3v) is 5.91. The summed E-state index contributed by atoms with van der Waals surface area (Å²) in [4.78, 5) is 43.3. The third-order valence-electron chi connectivity index (χ3n) is 5.91. The number of para-hydroxylation sites is 2. The number of fused-ring (bicyclic) bond motifs is 1. The van der Waals surface area contributed by atoms with Gasteiger partial charge in [0.1, 0.15) is 17.9 Å². The second kappa shape index (κ2) is 8.82. The molecule has 32 heavy (non-hydrogen) atoms. The number of imidazole rings is 1. The molecule has 0 bridgehead atoms. The molecule has 166 valence electrons. The summed E-state index contributed by atoms with van der Waals surface area (Å²) in [5.41, 5.74) is 1.99. The van der Waals surface area contributed by atoms with Crippen molar-refractivity contribution in [3.63, 3.8) is 0 Å². The van der Waals surface area contributed by atoms with Gasteiger partial charge in [0.05, 0.1) is 11.0 Å². The lowest BCUT2D eigenvalue weighted by Gasteiger charge is -2.21. The molecule has 8 nitrogen and oxygen atoms in total. The summed E-state index contributed by atoms with van der Waals surface area (Å²) >= 11 is 0. The largest absolute Gasteiger partial charge is 0.353 e. The number of carbonyl (C=O) groups is 3. The van der Waals surface area contributed by atoms with Crippen LogP contribution in [0.4, 0.5) is 4.79 Å². The molecule has 1 fully saturated rings. The van der Waals surface area contributed by atoms with Crippen LogP contribution in [0.5, 0.6) is 0 Å². The molecule has 2 heterocycles. The summed E-state index contributed by atoms with van der Waals surface area (Å²) in [6, 6.07) is 17.1. The maximum absolute atomic E-state index is 12.9. The van der Waals surface area contributed by atoms with Crippen LogP contribution >= 0.6 is 0 Å².